The minimum absolute atomic E-state index is 0.0921. The molecule has 0 saturated carbocycles. The van der Waals surface area contributed by atoms with Gasteiger partial charge in [-0.3, -0.25) is 14.3 Å². The summed E-state index contributed by atoms with van der Waals surface area (Å²) in [4.78, 5) is 16.5. The fourth-order valence-electron chi connectivity index (χ4n) is 2.88. The van der Waals surface area contributed by atoms with Gasteiger partial charge in [-0.1, -0.05) is 53.7 Å². The zero-order valence-electron chi connectivity index (χ0n) is 15.9. The molecule has 0 fully saturated rings. The number of pyridine rings is 1. The van der Waals surface area contributed by atoms with Gasteiger partial charge in [0.15, 0.2) is 11.0 Å². The molecule has 0 aliphatic carbocycles. The molecule has 0 atom stereocenters. The van der Waals surface area contributed by atoms with Crippen LogP contribution >= 0.6 is 23.4 Å². The smallest absolute Gasteiger partial charge is 0.230 e. The van der Waals surface area contributed by atoms with E-state index >= 15 is 0 Å². The number of para-hydroxylation sites is 1. The fourth-order valence-corrected chi connectivity index (χ4v) is 3.88. The predicted molar refractivity (Wildman–Crippen MR) is 119 cm³/mol. The number of hydrogen-bond donors (Lipinski definition) is 1. The van der Waals surface area contributed by atoms with Crippen LogP contribution in [0.2, 0.25) is 5.02 Å². The first kappa shape index (κ1) is 20.1. The standard InChI is InChI=1S/C22H18ClN5OS/c23-18-8-4-6-16(12-18)13-25-20(29)15-30-22-27-26-21(17-7-5-11-24-14-17)28(22)19-9-2-1-3-10-19/h1-12,14H,13,15H2,(H,25,29). The van der Waals surface area contributed by atoms with Crippen LogP contribution in [0.15, 0.2) is 84.3 Å². The van der Waals surface area contributed by atoms with Crippen molar-refractivity contribution < 1.29 is 4.79 Å². The summed E-state index contributed by atoms with van der Waals surface area (Å²) in [5, 5.41) is 12.9. The Labute approximate surface area is 183 Å². The van der Waals surface area contributed by atoms with E-state index in [1.54, 1.807) is 18.5 Å². The Bertz CT molecular complexity index is 1130. The molecule has 4 rings (SSSR count). The summed E-state index contributed by atoms with van der Waals surface area (Å²) >= 11 is 7.33. The number of thioether (sulfide) groups is 1. The fraction of sp³-hybridized carbons (Fsp3) is 0.0909. The summed E-state index contributed by atoms with van der Waals surface area (Å²) in [6, 6.07) is 21.0. The quantitative estimate of drug-likeness (QED) is 0.436. The first-order valence-corrected chi connectivity index (χ1v) is 10.6. The van der Waals surface area contributed by atoms with Crippen LogP contribution in [0.5, 0.6) is 0 Å². The topological polar surface area (TPSA) is 72.7 Å². The van der Waals surface area contributed by atoms with Crippen molar-refractivity contribution in [2.75, 3.05) is 5.75 Å². The molecule has 1 N–H and O–H groups in total. The Balaban J connectivity index is 1.50. The highest BCUT2D eigenvalue weighted by Crippen LogP contribution is 2.27. The van der Waals surface area contributed by atoms with Gasteiger partial charge >= 0.3 is 0 Å². The first-order chi connectivity index (χ1) is 14.7. The molecule has 6 nitrogen and oxygen atoms in total. The minimum Gasteiger partial charge on any atom is -0.351 e. The summed E-state index contributed by atoms with van der Waals surface area (Å²) in [5.41, 5.74) is 2.72. The second kappa shape index (κ2) is 9.56. The van der Waals surface area contributed by atoms with Gasteiger partial charge in [0.05, 0.1) is 5.75 Å². The predicted octanol–water partition coefficient (Wildman–Crippen LogP) is 4.39. The molecule has 0 spiro atoms. The Kier molecular flexibility index (Phi) is 6.41. The number of carbonyl (C=O) groups excluding carboxylic acids is 1. The second-order valence-corrected chi connectivity index (χ2v) is 7.79. The van der Waals surface area contributed by atoms with E-state index in [1.807, 2.05) is 65.2 Å². The summed E-state index contributed by atoms with van der Waals surface area (Å²) in [5.74, 6) is 0.806. The average Bonchev–Trinajstić information content (AvgIpc) is 3.21. The molecule has 2 heterocycles. The molecule has 0 aliphatic heterocycles. The summed E-state index contributed by atoms with van der Waals surface area (Å²) < 4.78 is 1.94. The van der Waals surface area contributed by atoms with Gasteiger partial charge in [-0.15, -0.1) is 10.2 Å². The third-order valence-corrected chi connectivity index (χ3v) is 5.44. The third kappa shape index (κ3) is 4.87. The molecule has 2 aromatic heterocycles. The zero-order valence-corrected chi connectivity index (χ0v) is 17.5. The summed E-state index contributed by atoms with van der Waals surface area (Å²) in [6.07, 6.45) is 3.46. The molecular weight excluding hydrogens is 418 g/mol. The molecule has 2 aromatic carbocycles. The van der Waals surface area contributed by atoms with Gasteiger partial charge in [-0.2, -0.15) is 0 Å². The number of nitrogens with one attached hydrogen (secondary N) is 1. The molecule has 0 aliphatic rings. The second-order valence-electron chi connectivity index (χ2n) is 6.41. The van der Waals surface area contributed by atoms with Crippen molar-refractivity contribution in [3.05, 3.63) is 89.7 Å². The van der Waals surface area contributed by atoms with Crippen molar-refractivity contribution in [2.24, 2.45) is 0 Å². The van der Waals surface area contributed by atoms with Crippen LogP contribution in [0, 0.1) is 0 Å². The van der Waals surface area contributed by atoms with Gasteiger partial charge in [0.1, 0.15) is 0 Å². The van der Waals surface area contributed by atoms with Crippen molar-refractivity contribution in [2.45, 2.75) is 11.7 Å². The molecule has 0 radical (unpaired) electrons. The molecule has 8 heteroatoms. The monoisotopic (exact) mass is 435 g/mol. The third-order valence-electron chi connectivity index (χ3n) is 4.28. The minimum atomic E-state index is -0.0921. The number of hydrogen-bond acceptors (Lipinski definition) is 5. The Morgan fingerprint density at radius 1 is 1.03 bits per heavy atom. The maximum absolute atomic E-state index is 12.4. The van der Waals surface area contributed by atoms with Crippen LogP contribution in [0.1, 0.15) is 5.56 Å². The van der Waals surface area contributed by atoms with E-state index in [9.17, 15) is 4.79 Å². The Morgan fingerprint density at radius 3 is 2.67 bits per heavy atom. The Hall–Kier alpha value is -3.16. The van der Waals surface area contributed by atoms with Gasteiger partial charge in [0.25, 0.3) is 0 Å². The lowest BCUT2D eigenvalue weighted by atomic mass is 10.2. The van der Waals surface area contributed by atoms with Crippen LogP contribution in [-0.2, 0) is 11.3 Å². The number of nitrogens with zero attached hydrogens (tertiary/aromatic N) is 4. The molecule has 0 saturated heterocycles. The zero-order chi connectivity index (χ0) is 20.8. The van der Waals surface area contributed by atoms with Gasteiger partial charge in [0, 0.05) is 35.2 Å². The highest BCUT2D eigenvalue weighted by molar-refractivity contribution is 7.99. The van der Waals surface area contributed by atoms with Crippen LogP contribution in [0.3, 0.4) is 0 Å². The number of carbonyl (C=O) groups is 1. The van der Waals surface area contributed by atoms with E-state index in [1.165, 1.54) is 11.8 Å². The van der Waals surface area contributed by atoms with Gasteiger partial charge in [0.2, 0.25) is 5.91 Å². The summed E-state index contributed by atoms with van der Waals surface area (Å²) in [7, 11) is 0. The molecule has 30 heavy (non-hydrogen) atoms. The van der Waals surface area contributed by atoms with Crippen LogP contribution in [-0.4, -0.2) is 31.4 Å². The van der Waals surface area contributed by atoms with E-state index in [4.69, 9.17) is 11.6 Å². The highest BCUT2D eigenvalue weighted by atomic mass is 35.5. The number of amides is 1. The highest BCUT2D eigenvalue weighted by Gasteiger charge is 2.17. The van der Waals surface area contributed by atoms with Crippen molar-refractivity contribution in [3.63, 3.8) is 0 Å². The van der Waals surface area contributed by atoms with Crippen molar-refractivity contribution in [1.29, 1.82) is 0 Å². The lowest BCUT2D eigenvalue weighted by Gasteiger charge is -2.10. The van der Waals surface area contributed by atoms with Crippen LogP contribution < -0.4 is 5.32 Å². The number of aromatic nitrogens is 4. The summed E-state index contributed by atoms with van der Waals surface area (Å²) in [6.45, 7) is 0.423. The van der Waals surface area contributed by atoms with Gasteiger partial charge in [-0.05, 0) is 42.0 Å². The van der Waals surface area contributed by atoms with Gasteiger partial charge in [-0.25, -0.2) is 0 Å². The molecule has 4 aromatic rings. The Morgan fingerprint density at radius 2 is 1.90 bits per heavy atom. The molecule has 150 valence electrons. The lowest BCUT2D eigenvalue weighted by Crippen LogP contribution is -2.24. The molecule has 1 amide bonds. The van der Waals surface area contributed by atoms with Crippen molar-refractivity contribution in [3.8, 4) is 17.1 Å². The largest absolute Gasteiger partial charge is 0.351 e. The van der Waals surface area contributed by atoms with Crippen molar-refractivity contribution >= 4 is 29.3 Å². The van der Waals surface area contributed by atoms with Crippen LogP contribution in [0.25, 0.3) is 17.1 Å². The van der Waals surface area contributed by atoms with Crippen molar-refractivity contribution in [1.82, 2.24) is 25.1 Å². The molecule has 0 bridgehead atoms. The number of benzene rings is 2. The lowest BCUT2D eigenvalue weighted by molar-refractivity contribution is -0.118. The SMILES string of the molecule is O=C(CSc1nnc(-c2cccnc2)n1-c1ccccc1)NCc1cccc(Cl)c1. The molecular formula is C22H18ClN5OS. The van der Waals surface area contributed by atoms with Gasteiger partial charge < -0.3 is 5.32 Å². The van der Waals surface area contributed by atoms with E-state index in [0.717, 1.165) is 16.8 Å². The van der Waals surface area contributed by atoms with E-state index in [2.05, 4.69) is 20.5 Å². The van der Waals surface area contributed by atoms with Crippen LogP contribution in [0.4, 0.5) is 0 Å². The normalized spacial score (nSPS) is 10.7. The number of halogens is 1. The van der Waals surface area contributed by atoms with E-state index in [-0.39, 0.29) is 11.7 Å². The average molecular weight is 436 g/mol. The first-order valence-electron chi connectivity index (χ1n) is 9.26. The maximum Gasteiger partial charge on any atom is 0.230 e. The van der Waals surface area contributed by atoms with E-state index in [0.29, 0.717) is 22.5 Å². The van der Waals surface area contributed by atoms with E-state index < -0.39 is 0 Å². The number of rotatable bonds is 7. The molecule has 0 unspecified atom stereocenters. The maximum atomic E-state index is 12.4.